The summed E-state index contributed by atoms with van der Waals surface area (Å²) in [5.74, 6) is 3.73. The largest absolute Gasteiger partial charge is 0.497 e. The Bertz CT molecular complexity index is 1090. The van der Waals surface area contributed by atoms with Gasteiger partial charge < -0.3 is 14.6 Å². The fourth-order valence-corrected chi connectivity index (χ4v) is 7.81. The van der Waals surface area contributed by atoms with Crippen molar-refractivity contribution in [3.05, 3.63) is 64.7 Å². The van der Waals surface area contributed by atoms with Crippen LogP contribution in [0.5, 0.6) is 11.5 Å². The maximum atomic E-state index is 11.5. The second kappa shape index (κ2) is 12.3. The molecule has 2 saturated carbocycles. The summed E-state index contributed by atoms with van der Waals surface area (Å²) in [4.78, 5) is 0. The molecule has 5 rings (SSSR count). The Morgan fingerprint density at radius 3 is 2.45 bits per heavy atom. The molecule has 3 nitrogen and oxygen atoms in total. The van der Waals surface area contributed by atoms with E-state index in [1.807, 2.05) is 0 Å². The van der Waals surface area contributed by atoms with Gasteiger partial charge in [-0.3, -0.25) is 0 Å². The summed E-state index contributed by atoms with van der Waals surface area (Å²) in [6, 6.07) is 15.2. The summed E-state index contributed by atoms with van der Waals surface area (Å²) in [5.41, 5.74) is 5.37. The minimum Gasteiger partial charge on any atom is -0.497 e. The zero-order valence-electron chi connectivity index (χ0n) is 23.9. The number of rotatable bonds is 11. The quantitative estimate of drug-likeness (QED) is 0.303. The average molecular weight is 517 g/mol. The molecule has 0 heterocycles. The number of hydrogen-bond donors (Lipinski definition) is 1. The van der Waals surface area contributed by atoms with Gasteiger partial charge in [0.2, 0.25) is 0 Å². The molecule has 0 spiro atoms. The molecule has 2 fully saturated rings. The predicted molar refractivity (Wildman–Crippen MR) is 157 cm³/mol. The van der Waals surface area contributed by atoms with Crippen molar-refractivity contribution >= 4 is 6.08 Å². The Kier molecular flexibility index (Phi) is 8.83. The summed E-state index contributed by atoms with van der Waals surface area (Å²) < 4.78 is 11.5. The SMILES string of the molecule is CCCCCCCCCOc1ccc(/C=C2/CC3C4CCc5cc(OC)ccc5C4CCC3(C)C2O)cc1. The van der Waals surface area contributed by atoms with E-state index < -0.39 is 0 Å². The summed E-state index contributed by atoms with van der Waals surface area (Å²) in [7, 11) is 1.75. The van der Waals surface area contributed by atoms with Gasteiger partial charge in [0.25, 0.3) is 0 Å². The Hall–Kier alpha value is -2.26. The van der Waals surface area contributed by atoms with E-state index >= 15 is 0 Å². The van der Waals surface area contributed by atoms with Gasteiger partial charge in [0.1, 0.15) is 11.5 Å². The molecule has 0 aliphatic heterocycles. The fraction of sp³-hybridized carbons (Fsp3) is 0.600. The van der Waals surface area contributed by atoms with E-state index in [9.17, 15) is 5.11 Å². The fourth-order valence-electron chi connectivity index (χ4n) is 7.81. The van der Waals surface area contributed by atoms with Crippen molar-refractivity contribution < 1.29 is 14.6 Å². The van der Waals surface area contributed by atoms with E-state index in [1.165, 1.54) is 73.6 Å². The summed E-state index contributed by atoms with van der Waals surface area (Å²) in [6.07, 6.45) is 16.6. The molecule has 0 aromatic heterocycles. The molecule has 38 heavy (non-hydrogen) atoms. The number of hydrogen-bond acceptors (Lipinski definition) is 3. The van der Waals surface area contributed by atoms with Crippen LogP contribution in [-0.2, 0) is 6.42 Å². The molecule has 3 aliphatic rings. The molecule has 5 unspecified atom stereocenters. The number of benzene rings is 2. The third-order valence-electron chi connectivity index (χ3n) is 10.1. The minimum absolute atomic E-state index is 0.0173. The highest BCUT2D eigenvalue weighted by Crippen LogP contribution is 2.62. The monoisotopic (exact) mass is 516 g/mol. The molecule has 3 heteroatoms. The normalized spacial score (nSPS) is 29.0. The first kappa shape index (κ1) is 27.3. The topological polar surface area (TPSA) is 38.7 Å². The van der Waals surface area contributed by atoms with Crippen molar-refractivity contribution in [1.82, 2.24) is 0 Å². The number of aryl methyl sites for hydroxylation is 1. The molecule has 2 aromatic rings. The van der Waals surface area contributed by atoms with Crippen LogP contribution in [0, 0.1) is 17.3 Å². The molecule has 0 amide bonds. The zero-order valence-corrected chi connectivity index (χ0v) is 23.9. The van der Waals surface area contributed by atoms with Crippen LogP contribution in [0.4, 0.5) is 0 Å². The molecular weight excluding hydrogens is 468 g/mol. The van der Waals surface area contributed by atoms with Crippen LogP contribution in [0.25, 0.3) is 6.08 Å². The van der Waals surface area contributed by atoms with Gasteiger partial charge in [-0.25, -0.2) is 0 Å². The van der Waals surface area contributed by atoms with Crippen LogP contribution in [0.3, 0.4) is 0 Å². The Morgan fingerprint density at radius 2 is 1.68 bits per heavy atom. The van der Waals surface area contributed by atoms with E-state index in [0.717, 1.165) is 43.8 Å². The number of unbranched alkanes of at least 4 members (excludes halogenated alkanes) is 6. The van der Waals surface area contributed by atoms with Gasteiger partial charge in [-0.1, -0.05) is 76.6 Å². The Balaban J connectivity index is 1.19. The maximum Gasteiger partial charge on any atom is 0.119 e. The first-order valence-electron chi connectivity index (χ1n) is 15.3. The van der Waals surface area contributed by atoms with Gasteiger partial charge in [-0.15, -0.1) is 0 Å². The first-order valence-corrected chi connectivity index (χ1v) is 15.3. The molecule has 1 N–H and O–H groups in total. The van der Waals surface area contributed by atoms with Crippen molar-refractivity contribution in [3.63, 3.8) is 0 Å². The highest BCUT2D eigenvalue weighted by Gasteiger charge is 2.56. The van der Waals surface area contributed by atoms with Gasteiger partial charge >= 0.3 is 0 Å². The molecular formula is C35H48O3. The number of fused-ring (bicyclic) bond motifs is 5. The Morgan fingerprint density at radius 1 is 0.947 bits per heavy atom. The van der Waals surface area contributed by atoms with Crippen molar-refractivity contribution in [2.24, 2.45) is 17.3 Å². The second-order valence-electron chi connectivity index (χ2n) is 12.4. The number of ether oxygens (including phenoxy) is 2. The van der Waals surface area contributed by atoms with E-state index in [1.54, 1.807) is 7.11 Å². The van der Waals surface area contributed by atoms with Crippen molar-refractivity contribution in [2.75, 3.05) is 13.7 Å². The maximum absolute atomic E-state index is 11.5. The van der Waals surface area contributed by atoms with E-state index in [2.05, 4.69) is 62.4 Å². The standard InChI is InChI=1S/C35H48O3/c1-4-5-6-7-8-9-10-21-38-28-14-11-25(12-15-28)22-27-24-33-32-17-13-26-23-29(37-3)16-18-30(26)31(32)19-20-35(33,2)34(27)36/h11-12,14-16,18,22-23,31-34,36H,4-10,13,17,19-21,24H2,1-3H3/b27-22-. The number of aliphatic hydroxyl groups is 1. The number of aliphatic hydroxyl groups excluding tert-OH is 1. The lowest BCUT2D eigenvalue weighted by atomic mass is 9.55. The van der Waals surface area contributed by atoms with Crippen LogP contribution >= 0.6 is 0 Å². The van der Waals surface area contributed by atoms with Crippen molar-refractivity contribution in [3.8, 4) is 11.5 Å². The first-order chi connectivity index (χ1) is 18.5. The Labute approximate surface area is 230 Å². The molecule has 206 valence electrons. The smallest absolute Gasteiger partial charge is 0.119 e. The van der Waals surface area contributed by atoms with Gasteiger partial charge in [0.15, 0.2) is 0 Å². The summed E-state index contributed by atoms with van der Waals surface area (Å²) in [6.45, 7) is 5.41. The van der Waals surface area contributed by atoms with Crippen molar-refractivity contribution in [1.29, 1.82) is 0 Å². The van der Waals surface area contributed by atoms with Crippen molar-refractivity contribution in [2.45, 2.75) is 103 Å². The molecule has 0 radical (unpaired) electrons. The highest BCUT2D eigenvalue weighted by molar-refractivity contribution is 5.56. The van der Waals surface area contributed by atoms with Crippen LogP contribution in [0.15, 0.2) is 48.0 Å². The van der Waals surface area contributed by atoms with Crippen LogP contribution < -0.4 is 9.47 Å². The lowest BCUT2D eigenvalue weighted by Crippen LogP contribution is -2.44. The molecule has 0 saturated heterocycles. The average Bonchev–Trinajstić information content (AvgIpc) is 3.20. The van der Waals surface area contributed by atoms with Crippen LogP contribution in [0.2, 0.25) is 0 Å². The van der Waals surface area contributed by atoms with Crippen LogP contribution in [-0.4, -0.2) is 24.9 Å². The van der Waals surface area contributed by atoms with E-state index in [-0.39, 0.29) is 11.5 Å². The van der Waals surface area contributed by atoms with Crippen LogP contribution in [0.1, 0.15) is 107 Å². The highest BCUT2D eigenvalue weighted by atomic mass is 16.5. The second-order valence-corrected chi connectivity index (χ2v) is 12.4. The predicted octanol–water partition coefficient (Wildman–Crippen LogP) is 8.74. The van der Waals surface area contributed by atoms with Gasteiger partial charge in [0, 0.05) is 5.41 Å². The lowest BCUT2D eigenvalue weighted by Gasteiger charge is -2.49. The summed E-state index contributed by atoms with van der Waals surface area (Å²) in [5, 5.41) is 11.5. The van der Waals surface area contributed by atoms with E-state index in [0.29, 0.717) is 17.8 Å². The number of methoxy groups -OCH3 is 1. The summed E-state index contributed by atoms with van der Waals surface area (Å²) >= 11 is 0. The zero-order chi connectivity index (χ0) is 26.5. The molecule has 5 atom stereocenters. The minimum atomic E-state index is -0.348. The van der Waals surface area contributed by atoms with Gasteiger partial charge in [0.05, 0.1) is 19.8 Å². The van der Waals surface area contributed by atoms with E-state index in [4.69, 9.17) is 9.47 Å². The van der Waals surface area contributed by atoms with Gasteiger partial charge in [-0.05, 0) is 103 Å². The molecule has 2 aromatic carbocycles. The van der Waals surface area contributed by atoms with Gasteiger partial charge in [-0.2, -0.15) is 0 Å². The third-order valence-corrected chi connectivity index (χ3v) is 10.1. The third kappa shape index (κ3) is 5.69. The molecule has 3 aliphatic carbocycles. The lowest BCUT2D eigenvalue weighted by molar-refractivity contribution is -0.0158. The molecule has 0 bridgehead atoms.